The van der Waals surface area contributed by atoms with Crippen LogP contribution in [-0.2, 0) is 10.0 Å². The van der Waals surface area contributed by atoms with Crippen LogP contribution in [0.15, 0.2) is 23.1 Å². The molecule has 1 unspecified atom stereocenters. The molecule has 0 bridgehead atoms. The van der Waals surface area contributed by atoms with Crippen molar-refractivity contribution in [3.63, 3.8) is 0 Å². The first kappa shape index (κ1) is 18.0. The van der Waals surface area contributed by atoms with Gasteiger partial charge in [-0.3, -0.25) is 0 Å². The van der Waals surface area contributed by atoms with Crippen LogP contribution in [0.1, 0.15) is 18.9 Å². The molecule has 1 rings (SSSR count). The summed E-state index contributed by atoms with van der Waals surface area (Å²) in [5.74, 6) is 4.21. The van der Waals surface area contributed by atoms with E-state index in [1.807, 2.05) is 13.2 Å². The second-order valence-electron chi connectivity index (χ2n) is 4.33. The lowest BCUT2D eigenvalue weighted by Crippen LogP contribution is -2.27. The molecule has 0 aliphatic rings. The van der Waals surface area contributed by atoms with Crippen molar-refractivity contribution < 1.29 is 17.9 Å². The van der Waals surface area contributed by atoms with Gasteiger partial charge in [-0.05, 0) is 30.9 Å². The number of hydrogen-bond acceptors (Lipinski definition) is 4. The molecule has 21 heavy (non-hydrogen) atoms. The fourth-order valence-corrected chi connectivity index (χ4v) is 3.10. The smallest absolute Gasteiger partial charge is 0.241 e. The number of halogens is 1. The van der Waals surface area contributed by atoms with Crippen LogP contribution in [0.3, 0.4) is 0 Å². The van der Waals surface area contributed by atoms with Gasteiger partial charge in [0.1, 0.15) is 12.4 Å². The van der Waals surface area contributed by atoms with Gasteiger partial charge in [-0.2, -0.15) is 11.8 Å². The van der Waals surface area contributed by atoms with E-state index < -0.39 is 22.4 Å². The van der Waals surface area contributed by atoms with Crippen molar-refractivity contribution in [2.24, 2.45) is 0 Å². The Morgan fingerprint density at radius 3 is 2.81 bits per heavy atom. The maximum atomic E-state index is 13.2. The lowest BCUT2D eigenvalue weighted by molar-refractivity contribution is 0.350. The molecule has 0 radical (unpaired) electrons. The molecule has 4 nitrogen and oxygen atoms in total. The van der Waals surface area contributed by atoms with Gasteiger partial charge in [-0.1, -0.05) is 18.8 Å². The van der Waals surface area contributed by atoms with E-state index in [4.69, 9.17) is 5.11 Å². The number of benzene rings is 1. The van der Waals surface area contributed by atoms with Crippen LogP contribution in [0, 0.1) is 17.7 Å². The average Bonchev–Trinajstić information content (AvgIpc) is 2.44. The normalized spacial score (nSPS) is 12.6. The molecule has 0 saturated carbocycles. The summed E-state index contributed by atoms with van der Waals surface area (Å²) in [5.41, 5.74) is 0.0365. The van der Waals surface area contributed by atoms with Crippen molar-refractivity contribution >= 4 is 21.8 Å². The van der Waals surface area contributed by atoms with Crippen LogP contribution in [0.4, 0.5) is 4.39 Å². The molecule has 116 valence electrons. The van der Waals surface area contributed by atoms with Crippen molar-refractivity contribution in [2.45, 2.75) is 23.5 Å². The molecule has 2 N–H and O–H groups in total. The highest BCUT2D eigenvalue weighted by Crippen LogP contribution is 2.17. The molecule has 0 heterocycles. The van der Waals surface area contributed by atoms with Crippen LogP contribution in [0.5, 0.6) is 0 Å². The number of thioether (sulfide) groups is 1. The molecule has 0 aliphatic heterocycles. The van der Waals surface area contributed by atoms with Gasteiger partial charge in [0, 0.05) is 17.4 Å². The molecular formula is C14H18FNO3S2. The van der Waals surface area contributed by atoms with E-state index in [2.05, 4.69) is 16.6 Å². The first-order valence-corrected chi connectivity index (χ1v) is 9.09. The number of nitrogens with one attached hydrogen (secondary N) is 1. The number of aliphatic hydroxyl groups excluding tert-OH is 1. The van der Waals surface area contributed by atoms with Crippen molar-refractivity contribution in [3.05, 3.63) is 29.6 Å². The second-order valence-corrected chi connectivity index (χ2v) is 7.34. The van der Waals surface area contributed by atoms with Crippen LogP contribution in [0.2, 0.25) is 0 Å². The zero-order valence-corrected chi connectivity index (χ0v) is 13.5. The van der Waals surface area contributed by atoms with Gasteiger partial charge in [-0.25, -0.2) is 17.5 Å². The van der Waals surface area contributed by atoms with Gasteiger partial charge in [0.2, 0.25) is 10.0 Å². The highest BCUT2D eigenvalue weighted by atomic mass is 32.2. The fraction of sp³-hybridized carbons (Fsp3) is 0.429. The third kappa shape index (κ3) is 5.67. The summed E-state index contributed by atoms with van der Waals surface area (Å²) in [6.45, 7) is 1.89. The van der Waals surface area contributed by atoms with E-state index in [-0.39, 0.29) is 10.5 Å². The van der Waals surface area contributed by atoms with Gasteiger partial charge < -0.3 is 5.11 Å². The van der Waals surface area contributed by atoms with Crippen molar-refractivity contribution in [2.75, 3.05) is 19.4 Å². The Morgan fingerprint density at radius 1 is 1.48 bits per heavy atom. The summed E-state index contributed by atoms with van der Waals surface area (Å²) < 4.78 is 40.2. The predicted molar refractivity (Wildman–Crippen MR) is 83.1 cm³/mol. The topological polar surface area (TPSA) is 66.4 Å². The van der Waals surface area contributed by atoms with E-state index in [1.54, 1.807) is 11.8 Å². The van der Waals surface area contributed by atoms with Crippen LogP contribution < -0.4 is 4.72 Å². The van der Waals surface area contributed by atoms with E-state index in [9.17, 15) is 12.8 Å². The number of rotatable bonds is 6. The van der Waals surface area contributed by atoms with Crippen molar-refractivity contribution in [1.82, 2.24) is 4.72 Å². The summed E-state index contributed by atoms with van der Waals surface area (Å²) >= 11 is 1.65. The SMILES string of the molecule is CSC(C)CCNS(=O)(=O)c1ccc(F)cc1C#CCO. The molecule has 1 aromatic rings. The monoisotopic (exact) mass is 331 g/mol. The lowest BCUT2D eigenvalue weighted by Gasteiger charge is -2.11. The molecule has 0 fully saturated rings. The quantitative estimate of drug-likeness (QED) is 0.777. The number of sulfonamides is 1. The Labute approximate surface area is 129 Å². The average molecular weight is 331 g/mol. The highest BCUT2D eigenvalue weighted by Gasteiger charge is 2.18. The third-order valence-corrected chi connectivity index (χ3v) is 5.34. The first-order valence-electron chi connectivity index (χ1n) is 6.32. The number of hydrogen-bond donors (Lipinski definition) is 2. The van der Waals surface area contributed by atoms with E-state index in [1.165, 1.54) is 6.07 Å². The molecule has 0 aromatic heterocycles. The number of aliphatic hydroxyl groups is 1. The summed E-state index contributed by atoms with van der Waals surface area (Å²) in [6.07, 6.45) is 2.65. The molecule has 0 aliphatic carbocycles. The summed E-state index contributed by atoms with van der Waals surface area (Å²) in [4.78, 5) is -0.0818. The minimum atomic E-state index is -3.75. The largest absolute Gasteiger partial charge is 0.384 e. The standard InChI is InChI=1S/C14H18FNO3S2/c1-11(20-2)7-8-16-21(18,19)14-6-5-13(15)10-12(14)4-3-9-17/h5-6,10-11,16-17H,7-9H2,1-2H3. The first-order chi connectivity index (χ1) is 9.90. The van der Waals surface area contributed by atoms with E-state index >= 15 is 0 Å². The summed E-state index contributed by atoms with van der Waals surface area (Å²) in [7, 11) is -3.75. The Balaban J connectivity index is 2.97. The minimum Gasteiger partial charge on any atom is -0.384 e. The molecular weight excluding hydrogens is 313 g/mol. The summed E-state index contributed by atoms with van der Waals surface area (Å²) in [5, 5.41) is 9.03. The zero-order chi connectivity index (χ0) is 15.9. The Morgan fingerprint density at radius 2 is 2.19 bits per heavy atom. The van der Waals surface area contributed by atoms with Crippen LogP contribution in [0.25, 0.3) is 0 Å². The van der Waals surface area contributed by atoms with Gasteiger partial charge in [0.15, 0.2) is 0 Å². The Bertz CT molecular complexity index is 635. The fourth-order valence-electron chi connectivity index (χ4n) is 1.56. The van der Waals surface area contributed by atoms with E-state index in [0.717, 1.165) is 12.1 Å². The third-order valence-electron chi connectivity index (χ3n) is 2.78. The molecule has 1 atom stereocenters. The van der Waals surface area contributed by atoms with Gasteiger partial charge in [0.25, 0.3) is 0 Å². The zero-order valence-electron chi connectivity index (χ0n) is 11.9. The van der Waals surface area contributed by atoms with Gasteiger partial charge in [0.05, 0.1) is 4.90 Å². The highest BCUT2D eigenvalue weighted by molar-refractivity contribution is 7.99. The molecule has 7 heteroatoms. The van der Waals surface area contributed by atoms with Crippen molar-refractivity contribution in [1.29, 1.82) is 0 Å². The van der Waals surface area contributed by atoms with Gasteiger partial charge >= 0.3 is 0 Å². The van der Waals surface area contributed by atoms with E-state index in [0.29, 0.717) is 18.2 Å². The Hall–Kier alpha value is -1.07. The molecule has 1 aromatic carbocycles. The predicted octanol–water partition coefficient (Wildman–Crippen LogP) is 1.59. The lowest BCUT2D eigenvalue weighted by atomic mass is 10.2. The second kappa shape index (κ2) is 8.39. The maximum Gasteiger partial charge on any atom is 0.241 e. The molecule has 0 saturated heterocycles. The molecule has 0 spiro atoms. The van der Waals surface area contributed by atoms with Crippen molar-refractivity contribution in [3.8, 4) is 11.8 Å². The maximum absolute atomic E-state index is 13.2. The molecule has 0 amide bonds. The Kier molecular flexibility index (Phi) is 7.18. The van der Waals surface area contributed by atoms with Gasteiger partial charge in [-0.15, -0.1) is 0 Å². The van der Waals surface area contributed by atoms with Crippen LogP contribution in [-0.4, -0.2) is 38.2 Å². The van der Waals surface area contributed by atoms with Crippen LogP contribution >= 0.6 is 11.8 Å². The summed E-state index contributed by atoms with van der Waals surface area (Å²) in [6, 6.07) is 3.29. The minimum absolute atomic E-state index is 0.0365.